The predicted molar refractivity (Wildman–Crippen MR) is 94.7 cm³/mol. The highest BCUT2D eigenvalue weighted by molar-refractivity contribution is 8.26. The number of carbonyl (C=O) groups is 2. The summed E-state index contributed by atoms with van der Waals surface area (Å²) in [6.07, 6.45) is 8.69. The van der Waals surface area contributed by atoms with Crippen molar-refractivity contribution >= 4 is 58.0 Å². The minimum atomic E-state index is -1.29. The number of carboxylic acids is 1. The lowest BCUT2D eigenvalue weighted by Crippen LogP contribution is -2.50. The van der Waals surface area contributed by atoms with E-state index in [0.29, 0.717) is 22.8 Å². The van der Waals surface area contributed by atoms with E-state index < -0.39 is 17.9 Å². The highest BCUT2D eigenvalue weighted by atomic mass is 32.2. The Morgan fingerprint density at radius 2 is 2.39 bits per heavy atom. The van der Waals surface area contributed by atoms with Crippen molar-refractivity contribution in [3.05, 3.63) is 41.2 Å². The fourth-order valence-electron chi connectivity index (χ4n) is 1.96. The summed E-state index contributed by atoms with van der Waals surface area (Å²) in [6, 6.07) is 2.51. The van der Waals surface area contributed by atoms with Crippen LogP contribution in [0, 0.1) is 0 Å². The minimum Gasteiger partial charge on any atom is -0.548 e. The number of allylic oxidation sites excluding steroid dienone is 2. The van der Waals surface area contributed by atoms with Crippen LogP contribution >= 0.6 is 35.7 Å². The summed E-state index contributed by atoms with van der Waals surface area (Å²) in [6.45, 7) is 0. The molecule has 1 saturated heterocycles. The number of hydrogen-bond acceptors (Lipinski definition) is 7. The molecule has 0 N–H and O–H groups in total. The molecule has 0 unspecified atom stereocenters. The van der Waals surface area contributed by atoms with E-state index in [4.69, 9.17) is 16.6 Å². The summed E-state index contributed by atoms with van der Waals surface area (Å²) in [4.78, 5) is 25.3. The Labute approximate surface area is 147 Å². The van der Waals surface area contributed by atoms with Crippen LogP contribution in [0.4, 0.5) is 0 Å². The number of carbonyl (C=O) groups excluding carboxylic acids is 2. The molecule has 8 heteroatoms. The fraction of sp³-hybridized carbons (Fsp3) is 0.267. The van der Waals surface area contributed by atoms with E-state index in [1.165, 1.54) is 11.8 Å². The number of aliphatic carboxylic acids is 1. The summed E-state index contributed by atoms with van der Waals surface area (Å²) in [5.74, 6) is -0.431. The molecule has 2 rings (SSSR count). The van der Waals surface area contributed by atoms with Gasteiger partial charge in [-0.3, -0.25) is 9.69 Å². The zero-order valence-electron chi connectivity index (χ0n) is 12.3. The van der Waals surface area contributed by atoms with E-state index in [9.17, 15) is 14.7 Å². The molecule has 0 radical (unpaired) electrons. The molecule has 23 heavy (non-hydrogen) atoms. The smallest absolute Gasteiger partial charge is 0.266 e. The molecule has 2 heterocycles. The summed E-state index contributed by atoms with van der Waals surface area (Å²) >= 11 is 7.75. The molecule has 0 aliphatic carbocycles. The zero-order chi connectivity index (χ0) is 16.8. The molecule has 0 bridgehead atoms. The van der Waals surface area contributed by atoms with E-state index in [-0.39, 0.29) is 4.32 Å². The highest BCUT2D eigenvalue weighted by Gasteiger charge is 2.37. The molecule has 1 aromatic rings. The van der Waals surface area contributed by atoms with Crippen molar-refractivity contribution in [1.82, 2.24) is 4.90 Å². The van der Waals surface area contributed by atoms with Crippen molar-refractivity contribution in [3.8, 4) is 0 Å². The molecular weight excluding hydrogens is 354 g/mol. The van der Waals surface area contributed by atoms with Crippen LogP contribution in [0.25, 0.3) is 6.08 Å². The van der Waals surface area contributed by atoms with Gasteiger partial charge in [-0.05, 0) is 42.7 Å². The lowest BCUT2D eigenvalue weighted by Gasteiger charge is -2.27. The minimum absolute atomic E-state index is 0.239. The number of thioether (sulfide) groups is 2. The maximum Gasteiger partial charge on any atom is 0.266 e. The maximum absolute atomic E-state index is 12.4. The molecule has 1 aliphatic heterocycles. The van der Waals surface area contributed by atoms with Gasteiger partial charge in [-0.1, -0.05) is 30.1 Å². The van der Waals surface area contributed by atoms with Crippen LogP contribution in [0.5, 0.6) is 0 Å². The third-order valence-electron chi connectivity index (χ3n) is 3.05. The van der Waals surface area contributed by atoms with Gasteiger partial charge in [0.2, 0.25) is 0 Å². The summed E-state index contributed by atoms with van der Waals surface area (Å²) in [5.41, 5.74) is 0. The molecule has 122 valence electrons. The summed E-state index contributed by atoms with van der Waals surface area (Å²) in [5, 5.41) is 11.3. The molecule has 1 aliphatic rings. The van der Waals surface area contributed by atoms with Gasteiger partial charge in [0, 0.05) is 0 Å². The van der Waals surface area contributed by atoms with Crippen LogP contribution in [-0.2, 0) is 9.59 Å². The van der Waals surface area contributed by atoms with Crippen molar-refractivity contribution in [2.45, 2.75) is 12.5 Å². The zero-order valence-corrected chi connectivity index (χ0v) is 14.7. The molecule has 1 fully saturated rings. The number of nitrogens with zero attached hydrogens (tertiary/aromatic N) is 1. The quantitative estimate of drug-likeness (QED) is 0.538. The lowest BCUT2D eigenvalue weighted by molar-refractivity contribution is -0.310. The molecule has 1 amide bonds. The van der Waals surface area contributed by atoms with E-state index in [1.54, 1.807) is 36.6 Å². The van der Waals surface area contributed by atoms with Crippen molar-refractivity contribution in [2.24, 2.45) is 0 Å². The predicted octanol–water partition coefficient (Wildman–Crippen LogP) is 1.91. The van der Waals surface area contributed by atoms with Gasteiger partial charge in [-0.25, -0.2) is 0 Å². The fourth-order valence-corrected chi connectivity index (χ4v) is 3.73. The maximum atomic E-state index is 12.4. The van der Waals surface area contributed by atoms with Crippen LogP contribution in [0.2, 0.25) is 0 Å². The second kappa shape index (κ2) is 8.37. The first-order chi connectivity index (χ1) is 11.0. The van der Waals surface area contributed by atoms with Gasteiger partial charge in [-0.15, -0.1) is 0 Å². The Kier molecular flexibility index (Phi) is 6.49. The second-order valence-electron chi connectivity index (χ2n) is 4.56. The van der Waals surface area contributed by atoms with Crippen LogP contribution in [0.3, 0.4) is 0 Å². The topological polar surface area (TPSA) is 73.6 Å². The SMILES string of the molecule is CSCC[C@H](C(=O)[O-])N1C(=O)/C(=C/C=C/c2ccco2)SC1=S. The number of thiocarbonyl (C=S) groups is 1. The van der Waals surface area contributed by atoms with Gasteiger partial charge >= 0.3 is 0 Å². The monoisotopic (exact) mass is 368 g/mol. The molecular formula is C15H14NO4S3-. The van der Waals surface area contributed by atoms with Gasteiger partial charge in [0.15, 0.2) is 0 Å². The number of rotatable bonds is 7. The number of furan rings is 1. The van der Waals surface area contributed by atoms with Gasteiger partial charge in [0.1, 0.15) is 10.1 Å². The third-order valence-corrected chi connectivity index (χ3v) is 5.05. The van der Waals surface area contributed by atoms with Crippen LogP contribution < -0.4 is 5.11 Å². The van der Waals surface area contributed by atoms with Crippen molar-refractivity contribution in [3.63, 3.8) is 0 Å². The average molecular weight is 368 g/mol. The normalized spacial score (nSPS) is 18.3. The van der Waals surface area contributed by atoms with Crippen molar-refractivity contribution < 1.29 is 19.1 Å². The molecule has 0 aromatic carbocycles. The van der Waals surface area contributed by atoms with Gasteiger partial charge in [-0.2, -0.15) is 11.8 Å². The third kappa shape index (κ3) is 4.49. The number of amides is 1. The first-order valence-electron chi connectivity index (χ1n) is 6.71. The van der Waals surface area contributed by atoms with Crippen molar-refractivity contribution in [1.29, 1.82) is 0 Å². The Bertz CT molecular complexity index is 652. The average Bonchev–Trinajstić information content (AvgIpc) is 3.11. The Hall–Kier alpha value is -1.51. The molecule has 1 atom stereocenters. The van der Waals surface area contributed by atoms with Crippen LogP contribution in [-0.4, -0.2) is 39.1 Å². The van der Waals surface area contributed by atoms with E-state index in [2.05, 4.69) is 0 Å². The second-order valence-corrected chi connectivity index (χ2v) is 7.23. The number of hydrogen-bond donors (Lipinski definition) is 0. The van der Waals surface area contributed by atoms with E-state index in [1.807, 2.05) is 6.26 Å². The molecule has 5 nitrogen and oxygen atoms in total. The highest BCUT2D eigenvalue weighted by Crippen LogP contribution is 2.33. The first-order valence-corrected chi connectivity index (χ1v) is 9.33. The van der Waals surface area contributed by atoms with Gasteiger partial charge < -0.3 is 14.3 Å². The Balaban J connectivity index is 2.13. The van der Waals surface area contributed by atoms with E-state index >= 15 is 0 Å². The van der Waals surface area contributed by atoms with Gasteiger partial charge in [0.05, 0.1) is 23.2 Å². The van der Waals surface area contributed by atoms with Crippen molar-refractivity contribution in [2.75, 3.05) is 12.0 Å². The van der Waals surface area contributed by atoms with Crippen LogP contribution in [0.15, 0.2) is 39.9 Å². The Morgan fingerprint density at radius 1 is 1.61 bits per heavy atom. The van der Waals surface area contributed by atoms with E-state index in [0.717, 1.165) is 16.7 Å². The first kappa shape index (κ1) is 17.8. The molecule has 0 spiro atoms. The standard InChI is InChI=1S/C15H15NO4S3/c1-22-9-7-11(14(18)19)16-13(17)12(23-15(16)21)6-2-4-10-5-3-8-20-10/h2-6,8,11H,7,9H2,1H3,(H,18,19)/p-1/b4-2+,12-6-/t11-/m1/s1. The molecule has 0 saturated carbocycles. The largest absolute Gasteiger partial charge is 0.548 e. The summed E-state index contributed by atoms with van der Waals surface area (Å²) < 4.78 is 5.39. The van der Waals surface area contributed by atoms with Crippen LogP contribution in [0.1, 0.15) is 12.2 Å². The summed E-state index contributed by atoms with van der Waals surface area (Å²) in [7, 11) is 0. The van der Waals surface area contributed by atoms with Gasteiger partial charge in [0.25, 0.3) is 5.91 Å². The number of carboxylic acid groups (broad SMARTS) is 1. The lowest BCUT2D eigenvalue weighted by atomic mass is 10.2. The molecule has 1 aromatic heterocycles. The Morgan fingerprint density at radius 3 is 3.00 bits per heavy atom.